The standard InChI is InChI=1S/C21H29N5O2S/c1-4-13(2)16-7-5-6-8-17(16)23-20(28)14(3)29-21-25-24-19(15-9-10-15)26(21)12-11-18(22)27/h5-8,13-15H,4,9-12H2,1-3H3,(H2,22,27)(H,23,28). The van der Waals surface area contributed by atoms with Crippen LogP contribution in [0.1, 0.15) is 69.7 Å². The van der Waals surface area contributed by atoms with E-state index in [2.05, 4.69) is 35.4 Å². The van der Waals surface area contributed by atoms with Crippen molar-refractivity contribution in [1.29, 1.82) is 0 Å². The van der Waals surface area contributed by atoms with Crippen molar-refractivity contribution in [1.82, 2.24) is 14.8 Å². The zero-order valence-electron chi connectivity index (χ0n) is 17.2. The van der Waals surface area contributed by atoms with Crippen LogP contribution in [0.2, 0.25) is 0 Å². The first-order valence-corrected chi connectivity index (χ1v) is 11.1. The van der Waals surface area contributed by atoms with Crippen LogP contribution in [0.3, 0.4) is 0 Å². The zero-order valence-corrected chi connectivity index (χ0v) is 18.0. The first kappa shape index (κ1) is 21.4. The number of carbonyl (C=O) groups is 2. The molecule has 0 saturated heterocycles. The van der Waals surface area contributed by atoms with E-state index in [4.69, 9.17) is 5.73 Å². The number of benzene rings is 1. The van der Waals surface area contributed by atoms with E-state index in [1.165, 1.54) is 11.8 Å². The van der Waals surface area contributed by atoms with E-state index in [1.807, 2.05) is 29.7 Å². The fourth-order valence-electron chi connectivity index (χ4n) is 3.17. The molecule has 1 aromatic carbocycles. The topological polar surface area (TPSA) is 103 Å². The fraction of sp³-hybridized carbons (Fsp3) is 0.524. The number of para-hydroxylation sites is 1. The summed E-state index contributed by atoms with van der Waals surface area (Å²) in [5.74, 6) is 1.22. The van der Waals surface area contributed by atoms with Crippen LogP contribution in [0.15, 0.2) is 29.4 Å². The van der Waals surface area contributed by atoms with Gasteiger partial charge in [-0.15, -0.1) is 10.2 Å². The van der Waals surface area contributed by atoms with Crippen molar-refractivity contribution in [3.05, 3.63) is 35.7 Å². The monoisotopic (exact) mass is 415 g/mol. The molecule has 2 atom stereocenters. The van der Waals surface area contributed by atoms with Crippen LogP contribution in [0.5, 0.6) is 0 Å². The number of amides is 2. The minimum atomic E-state index is -0.358. The number of nitrogens with zero attached hydrogens (tertiary/aromatic N) is 3. The summed E-state index contributed by atoms with van der Waals surface area (Å²) in [4.78, 5) is 24.1. The van der Waals surface area contributed by atoms with E-state index >= 15 is 0 Å². The molecule has 2 unspecified atom stereocenters. The van der Waals surface area contributed by atoms with Gasteiger partial charge < -0.3 is 15.6 Å². The molecule has 1 fully saturated rings. The molecular formula is C21H29N5O2S. The minimum Gasteiger partial charge on any atom is -0.370 e. The molecule has 0 radical (unpaired) electrons. The fourth-order valence-corrected chi connectivity index (χ4v) is 4.05. The van der Waals surface area contributed by atoms with Crippen LogP contribution in [0.25, 0.3) is 0 Å². The summed E-state index contributed by atoms with van der Waals surface area (Å²) in [6.45, 7) is 6.60. The first-order chi connectivity index (χ1) is 13.9. The molecule has 3 rings (SSSR count). The number of primary amides is 1. The lowest BCUT2D eigenvalue weighted by molar-refractivity contribution is -0.118. The van der Waals surface area contributed by atoms with E-state index in [-0.39, 0.29) is 23.5 Å². The molecule has 0 spiro atoms. The Balaban J connectivity index is 1.71. The van der Waals surface area contributed by atoms with Crippen LogP contribution in [0.4, 0.5) is 5.69 Å². The highest BCUT2D eigenvalue weighted by atomic mass is 32.2. The predicted molar refractivity (Wildman–Crippen MR) is 115 cm³/mol. The first-order valence-electron chi connectivity index (χ1n) is 10.2. The lowest BCUT2D eigenvalue weighted by Gasteiger charge is -2.18. The number of nitrogens with two attached hydrogens (primary N) is 1. The summed E-state index contributed by atoms with van der Waals surface area (Å²) in [5, 5.41) is 12.0. The molecule has 7 nitrogen and oxygen atoms in total. The molecule has 1 aliphatic rings. The number of aromatic nitrogens is 3. The second-order valence-corrected chi connectivity index (χ2v) is 8.94. The molecule has 1 heterocycles. The molecule has 0 aliphatic heterocycles. The summed E-state index contributed by atoms with van der Waals surface area (Å²) >= 11 is 1.36. The summed E-state index contributed by atoms with van der Waals surface area (Å²) in [5.41, 5.74) is 7.32. The third-order valence-electron chi connectivity index (χ3n) is 5.28. The van der Waals surface area contributed by atoms with Gasteiger partial charge in [0.15, 0.2) is 5.16 Å². The molecule has 29 heavy (non-hydrogen) atoms. The highest BCUT2D eigenvalue weighted by molar-refractivity contribution is 8.00. The van der Waals surface area contributed by atoms with Gasteiger partial charge in [0.05, 0.1) is 5.25 Å². The highest BCUT2D eigenvalue weighted by Gasteiger charge is 2.31. The van der Waals surface area contributed by atoms with Crippen molar-refractivity contribution in [3.63, 3.8) is 0 Å². The van der Waals surface area contributed by atoms with Gasteiger partial charge in [0.1, 0.15) is 5.82 Å². The second kappa shape index (κ2) is 9.43. The summed E-state index contributed by atoms with van der Waals surface area (Å²) < 4.78 is 1.95. The second-order valence-electron chi connectivity index (χ2n) is 7.63. The largest absolute Gasteiger partial charge is 0.370 e. The van der Waals surface area contributed by atoms with E-state index in [9.17, 15) is 9.59 Å². The Morgan fingerprint density at radius 3 is 2.66 bits per heavy atom. The molecule has 3 N–H and O–H groups in total. The van der Waals surface area contributed by atoms with Gasteiger partial charge in [-0.05, 0) is 43.7 Å². The lowest BCUT2D eigenvalue weighted by Crippen LogP contribution is -2.24. The molecule has 156 valence electrons. The number of nitrogens with one attached hydrogen (secondary N) is 1. The third-order valence-corrected chi connectivity index (χ3v) is 6.36. The summed E-state index contributed by atoms with van der Waals surface area (Å²) in [6, 6.07) is 7.93. The normalized spacial score (nSPS) is 15.7. The van der Waals surface area contributed by atoms with Gasteiger partial charge in [0.25, 0.3) is 0 Å². The summed E-state index contributed by atoms with van der Waals surface area (Å²) in [6.07, 6.45) is 3.40. The third kappa shape index (κ3) is 5.38. The smallest absolute Gasteiger partial charge is 0.237 e. The number of rotatable bonds is 10. The van der Waals surface area contributed by atoms with Crippen molar-refractivity contribution in [2.45, 2.75) is 75.2 Å². The van der Waals surface area contributed by atoms with Crippen molar-refractivity contribution in [2.24, 2.45) is 5.73 Å². The van der Waals surface area contributed by atoms with Crippen LogP contribution in [-0.4, -0.2) is 31.8 Å². The average molecular weight is 416 g/mol. The summed E-state index contributed by atoms with van der Waals surface area (Å²) in [7, 11) is 0. The maximum Gasteiger partial charge on any atom is 0.237 e. The Hall–Kier alpha value is -2.35. The van der Waals surface area contributed by atoms with Crippen LogP contribution in [-0.2, 0) is 16.1 Å². The van der Waals surface area contributed by atoms with Gasteiger partial charge in [-0.3, -0.25) is 9.59 Å². The molecular weight excluding hydrogens is 386 g/mol. The number of thioether (sulfide) groups is 1. The van der Waals surface area contributed by atoms with Gasteiger partial charge in [0, 0.05) is 24.6 Å². The highest BCUT2D eigenvalue weighted by Crippen LogP contribution is 2.40. The molecule has 2 amide bonds. The maximum atomic E-state index is 12.8. The van der Waals surface area contributed by atoms with Gasteiger partial charge in [-0.1, -0.05) is 43.8 Å². The zero-order chi connectivity index (χ0) is 21.0. The van der Waals surface area contributed by atoms with Gasteiger partial charge in [0.2, 0.25) is 11.8 Å². The Bertz CT molecular complexity index is 878. The molecule has 1 aliphatic carbocycles. The lowest BCUT2D eigenvalue weighted by atomic mass is 9.97. The van der Waals surface area contributed by atoms with Crippen molar-refractivity contribution < 1.29 is 9.59 Å². The number of anilines is 1. The van der Waals surface area contributed by atoms with E-state index in [1.54, 1.807) is 0 Å². The molecule has 8 heteroatoms. The van der Waals surface area contributed by atoms with E-state index < -0.39 is 0 Å². The number of hydrogen-bond acceptors (Lipinski definition) is 5. The molecule has 0 bridgehead atoms. The predicted octanol–water partition coefficient (Wildman–Crippen LogP) is 3.66. The average Bonchev–Trinajstić information content (AvgIpc) is 3.47. The van der Waals surface area contributed by atoms with Crippen molar-refractivity contribution in [2.75, 3.05) is 5.32 Å². The van der Waals surface area contributed by atoms with Crippen LogP contribution >= 0.6 is 11.8 Å². The molecule has 1 aromatic heterocycles. The minimum absolute atomic E-state index is 0.0804. The van der Waals surface area contributed by atoms with Crippen molar-refractivity contribution in [3.8, 4) is 0 Å². The molecule has 2 aromatic rings. The van der Waals surface area contributed by atoms with Crippen LogP contribution < -0.4 is 11.1 Å². The SMILES string of the molecule is CCC(C)c1ccccc1NC(=O)C(C)Sc1nnc(C2CC2)n1CCC(N)=O. The van der Waals surface area contributed by atoms with Gasteiger partial charge in [-0.2, -0.15) is 0 Å². The van der Waals surface area contributed by atoms with Gasteiger partial charge in [-0.25, -0.2) is 0 Å². The number of carbonyl (C=O) groups excluding carboxylic acids is 2. The Morgan fingerprint density at radius 1 is 1.28 bits per heavy atom. The quantitative estimate of drug-likeness (QED) is 0.577. The Labute approximate surface area is 175 Å². The number of hydrogen-bond donors (Lipinski definition) is 2. The Kier molecular flexibility index (Phi) is 6.95. The van der Waals surface area contributed by atoms with E-state index in [0.717, 1.165) is 36.3 Å². The van der Waals surface area contributed by atoms with Gasteiger partial charge >= 0.3 is 0 Å². The Morgan fingerprint density at radius 2 is 2.00 bits per heavy atom. The molecule has 1 saturated carbocycles. The van der Waals surface area contributed by atoms with Crippen molar-refractivity contribution >= 4 is 29.3 Å². The van der Waals surface area contributed by atoms with E-state index in [0.29, 0.717) is 23.5 Å². The maximum absolute atomic E-state index is 12.8. The van der Waals surface area contributed by atoms with Crippen LogP contribution in [0, 0.1) is 0 Å².